The molecule has 0 saturated heterocycles. The molecule has 0 aromatic rings. The van der Waals surface area contributed by atoms with Gasteiger partial charge in [0.1, 0.15) is 13.2 Å². The molecule has 6 nitrogen and oxygen atoms in total. The second kappa shape index (κ2) is 61.4. The molecule has 0 aromatic heterocycles. The topological polar surface area (TPSA) is 78.9 Å². The number of esters is 3. The summed E-state index contributed by atoms with van der Waals surface area (Å²) >= 11 is 0. The highest BCUT2D eigenvalue weighted by atomic mass is 16.6. The van der Waals surface area contributed by atoms with Crippen LogP contribution < -0.4 is 0 Å². The molecule has 0 aromatic carbocycles. The number of rotatable bonds is 57. The Labute approximate surface area is 453 Å². The van der Waals surface area contributed by atoms with Gasteiger partial charge >= 0.3 is 17.9 Å². The number of allylic oxidation sites excluding steroid dienone is 12. The molecule has 0 saturated carbocycles. The van der Waals surface area contributed by atoms with Crippen LogP contribution >= 0.6 is 0 Å². The minimum absolute atomic E-state index is 0.0768. The molecule has 0 spiro atoms. The lowest BCUT2D eigenvalue weighted by atomic mass is 10.1. The summed E-state index contributed by atoms with van der Waals surface area (Å²) in [6.07, 6.45) is 79.0. The predicted molar refractivity (Wildman–Crippen MR) is 316 cm³/mol. The fourth-order valence-electron chi connectivity index (χ4n) is 9.00. The van der Waals surface area contributed by atoms with E-state index in [-0.39, 0.29) is 31.1 Å². The SMILES string of the molecule is CC/C=C\C/C=C\C/C=C\C/C=C\C/C=C\CCCCCCCCCC(=O)OCC(COC(=O)CCCCCCCCCCCCC)OC(=O)CCCCCCCCCCC/C=C\CCCCCCCCCC. The van der Waals surface area contributed by atoms with Crippen molar-refractivity contribution in [1.82, 2.24) is 0 Å². The number of hydrogen-bond donors (Lipinski definition) is 0. The van der Waals surface area contributed by atoms with E-state index in [1.807, 2.05) is 0 Å². The first-order valence-electron chi connectivity index (χ1n) is 31.4. The maximum absolute atomic E-state index is 12.9. The summed E-state index contributed by atoms with van der Waals surface area (Å²) in [5.74, 6) is -0.877. The molecule has 1 unspecified atom stereocenters. The van der Waals surface area contributed by atoms with E-state index in [1.165, 1.54) is 180 Å². The van der Waals surface area contributed by atoms with E-state index in [0.717, 1.165) is 96.3 Å². The standard InChI is InChI=1S/C67H118O6/c1-4-7-10-13-16-19-22-24-26-28-30-32-33-35-36-38-40-42-45-48-51-54-57-60-66(69)72-63-64(62-71-65(68)59-56-53-50-47-44-21-18-15-12-9-6-3)73-67(70)61-58-55-52-49-46-43-41-39-37-34-31-29-27-25-23-20-17-14-11-8-5-2/h7,10,16,19,24,26,29-32,35-36,64H,4-6,8-9,11-15,17-18,20-23,25,27-28,33-34,37-63H2,1-3H3/b10-7-,19-16-,26-24-,31-29-,32-30-,36-35-. The molecule has 0 heterocycles. The van der Waals surface area contributed by atoms with Crippen LogP contribution in [0.1, 0.15) is 316 Å². The molecule has 0 aliphatic carbocycles. The largest absolute Gasteiger partial charge is 0.462 e. The molecule has 0 N–H and O–H groups in total. The van der Waals surface area contributed by atoms with Crippen molar-refractivity contribution in [2.24, 2.45) is 0 Å². The third kappa shape index (κ3) is 59.6. The monoisotopic (exact) mass is 1020 g/mol. The van der Waals surface area contributed by atoms with Crippen molar-refractivity contribution in [1.29, 1.82) is 0 Å². The van der Waals surface area contributed by atoms with Crippen LogP contribution in [0.2, 0.25) is 0 Å². The van der Waals surface area contributed by atoms with E-state index >= 15 is 0 Å². The molecular formula is C67H118O6. The van der Waals surface area contributed by atoms with Gasteiger partial charge in [-0.2, -0.15) is 0 Å². The number of carbonyl (C=O) groups excluding carboxylic acids is 3. The third-order valence-corrected chi connectivity index (χ3v) is 13.7. The summed E-state index contributed by atoms with van der Waals surface area (Å²) < 4.78 is 16.9. The Morgan fingerprint density at radius 2 is 0.534 bits per heavy atom. The Bertz CT molecular complexity index is 1360. The lowest BCUT2D eigenvalue weighted by molar-refractivity contribution is -0.167. The van der Waals surface area contributed by atoms with Crippen LogP contribution in [-0.2, 0) is 28.6 Å². The molecule has 73 heavy (non-hydrogen) atoms. The van der Waals surface area contributed by atoms with E-state index < -0.39 is 6.10 Å². The average molecular weight is 1020 g/mol. The second-order valence-corrected chi connectivity index (χ2v) is 20.9. The van der Waals surface area contributed by atoms with Gasteiger partial charge in [0.15, 0.2) is 6.10 Å². The summed E-state index contributed by atoms with van der Waals surface area (Å²) in [7, 11) is 0. The molecule has 0 amide bonds. The maximum Gasteiger partial charge on any atom is 0.306 e. The first-order chi connectivity index (χ1) is 36.0. The third-order valence-electron chi connectivity index (χ3n) is 13.7. The van der Waals surface area contributed by atoms with Crippen molar-refractivity contribution < 1.29 is 28.6 Å². The van der Waals surface area contributed by atoms with Crippen LogP contribution in [0, 0.1) is 0 Å². The van der Waals surface area contributed by atoms with E-state index in [2.05, 4.69) is 93.7 Å². The zero-order chi connectivity index (χ0) is 52.9. The fourth-order valence-corrected chi connectivity index (χ4v) is 9.00. The van der Waals surface area contributed by atoms with Crippen molar-refractivity contribution in [3.05, 3.63) is 72.9 Å². The summed E-state index contributed by atoms with van der Waals surface area (Å²) in [4.78, 5) is 38.2. The van der Waals surface area contributed by atoms with Crippen molar-refractivity contribution in [2.45, 2.75) is 322 Å². The molecule has 0 radical (unpaired) electrons. The van der Waals surface area contributed by atoms with Gasteiger partial charge < -0.3 is 14.2 Å². The van der Waals surface area contributed by atoms with Gasteiger partial charge in [0.05, 0.1) is 0 Å². The Balaban J connectivity index is 4.31. The van der Waals surface area contributed by atoms with Crippen LogP contribution in [0.5, 0.6) is 0 Å². The van der Waals surface area contributed by atoms with Gasteiger partial charge in [-0.3, -0.25) is 14.4 Å². The molecular weight excluding hydrogens is 901 g/mol. The minimum Gasteiger partial charge on any atom is -0.462 e. The van der Waals surface area contributed by atoms with Gasteiger partial charge in [-0.25, -0.2) is 0 Å². The van der Waals surface area contributed by atoms with E-state index in [4.69, 9.17) is 14.2 Å². The summed E-state index contributed by atoms with van der Waals surface area (Å²) in [6.45, 7) is 6.54. The van der Waals surface area contributed by atoms with Crippen molar-refractivity contribution in [3.8, 4) is 0 Å². The van der Waals surface area contributed by atoms with Gasteiger partial charge in [0, 0.05) is 19.3 Å². The summed E-state index contributed by atoms with van der Waals surface area (Å²) in [5.41, 5.74) is 0. The van der Waals surface area contributed by atoms with Gasteiger partial charge in [-0.1, -0.05) is 280 Å². The van der Waals surface area contributed by atoms with Crippen LogP contribution in [0.4, 0.5) is 0 Å². The highest BCUT2D eigenvalue weighted by Gasteiger charge is 2.19. The highest BCUT2D eigenvalue weighted by molar-refractivity contribution is 5.71. The zero-order valence-corrected chi connectivity index (χ0v) is 48.4. The van der Waals surface area contributed by atoms with Crippen LogP contribution in [-0.4, -0.2) is 37.2 Å². The maximum atomic E-state index is 12.9. The van der Waals surface area contributed by atoms with Crippen molar-refractivity contribution >= 4 is 17.9 Å². The van der Waals surface area contributed by atoms with Gasteiger partial charge in [0.25, 0.3) is 0 Å². The average Bonchev–Trinajstić information content (AvgIpc) is 3.39. The molecule has 1 atom stereocenters. The molecule has 422 valence electrons. The molecule has 0 aliphatic heterocycles. The Morgan fingerprint density at radius 1 is 0.288 bits per heavy atom. The zero-order valence-electron chi connectivity index (χ0n) is 48.4. The second-order valence-electron chi connectivity index (χ2n) is 20.9. The van der Waals surface area contributed by atoms with Crippen molar-refractivity contribution in [2.75, 3.05) is 13.2 Å². The summed E-state index contributed by atoms with van der Waals surface area (Å²) in [6, 6.07) is 0. The number of unbranched alkanes of at least 4 members (excludes halogenated alkanes) is 34. The smallest absolute Gasteiger partial charge is 0.306 e. The molecule has 0 fully saturated rings. The normalized spacial score (nSPS) is 12.5. The Kier molecular flexibility index (Phi) is 58.7. The lowest BCUT2D eigenvalue weighted by Gasteiger charge is -2.18. The van der Waals surface area contributed by atoms with Gasteiger partial charge in [0.2, 0.25) is 0 Å². The van der Waals surface area contributed by atoms with Crippen LogP contribution in [0.15, 0.2) is 72.9 Å². The fraction of sp³-hybridized carbons (Fsp3) is 0.776. The van der Waals surface area contributed by atoms with E-state index in [9.17, 15) is 14.4 Å². The molecule has 0 bridgehead atoms. The highest BCUT2D eigenvalue weighted by Crippen LogP contribution is 2.16. The van der Waals surface area contributed by atoms with Gasteiger partial charge in [-0.05, 0) is 89.9 Å². The number of ether oxygens (including phenoxy) is 3. The van der Waals surface area contributed by atoms with E-state index in [1.54, 1.807) is 0 Å². The first kappa shape index (κ1) is 69.8. The molecule has 0 rings (SSSR count). The van der Waals surface area contributed by atoms with Crippen LogP contribution in [0.25, 0.3) is 0 Å². The van der Waals surface area contributed by atoms with Crippen molar-refractivity contribution in [3.63, 3.8) is 0 Å². The Morgan fingerprint density at radius 3 is 0.849 bits per heavy atom. The quantitative estimate of drug-likeness (QED) is 0.0261. The number of hydrogen-bond acceptors (Lipinski definition) is 6. The number of carbonyl (C=O) groups is 3. The minimum atomic E-state index is -0.780. The van der Waals surface area contributed by atoms with E-state index in [0.29, 0.717) is 19.3 Å². The van der Waals surface area contributed by atoms with Gasteiger partial charge in [-0.15, -0.1) is 0 Å². The Hall–Kier alpha value is -3.15. The predicted octanol–water partition coefficient (Wildman–Crippen LogP) is 21.3. The molecule has 0 aliphatic rings. The van der Waals surface area contributed by atoms with Crippen LogP contribution in [0.3, 0.4) is 0 Å². The summed E-state index contributed by atoms with van der Waals surface area (Å²) in [5, 5.41) is 0. The molecule has 6 heteroatoms. The lowest BCUT2D eigenvalue weighted by Crippen LogP contribution is -2.30. The first-order valence-corrected chi connectivity index (χ1v) is 31.4.